The number of anilines is 1. The Labute approximate surface area is 189 Å². The second-order valence-corrected chi connectivity index (χ2v) is 9.00. The lowest BCUT2D eigenvalue weighted by atomic mass is 9.97. The van der Waals surface area contributed by atoms with E-state index in [0.717, 1.165) is 12.0 Å². The molecule has 170 valence electrons. The van der Waals surface area contributed by atoms with Gasteiger partial charge in [-0.15, -0.1) is 0 Å². The van der Waals surface area contributed by atoms with Gasteiger partial charge in [0.1, 0.15) is 5.60 Å². The molecule has 1 fully saturated rings. The number of likely N-dealkylation sites (tertiary alicyclic amines) is 1. The summed E-state index contributed by atoms with van der Waals surface area (Å²) in [4.78, 5) is 39.0. The smallest absolute Gasteiger partial charge is 0.410 e. The molecule has 0 aromatic heterocycles. The molecule has 2 aromatic carbocycles. The van der Waals surface area contributed by atoms with Gasteiger partial charge in [0.15, 0.2) is 0 Å². The SMILES string of the molecule is CC(C)(C)OC(=O)N1CCCC(C(=O)Nc2ccc(C(=O)NCc3ccccc3)cc2)C1. The molecule has 2 aromatic rings. The van der Waals surface area contributed by atoms with Gasteiger partial charge in [0, 0.05) is 30.9 Å². The maximum atomic E-state index is 12.7. The third kappa shape index (κ3) is 6.83. The van der Waals surface area contributed by atoms with E-state index in [0.29, 0.717) is 37.3 Å². The van der Waals surface area contributed by atoms with Gasteiger partial charge in [0.05, 0.1) is 5.92 Å². The number of carbonyl (C=O) groups is 3. The Kier molecular flexibility index (Phi) is 7.51. The van der Waals surface area contributed by atoms with Crippen molar-refractivity contribution in [1.82, 2.24) is 10.2 Å². The Bertz CT molecular complexity index is 936. The number of nitrogens with one attached hydrogen (secondary N) is 2. The first-order valence-electron chi connectivity index (χ1n) is 10.9. The van der Waals surface area contributed by atoms with Crippen LogP contribution in [-0.2, 0) is 16.1 Å². The summed E-state index contributed by atoms with van der Waals surface area (Å²) in [5.74, 6) is -0.614. The van der Waals surface area contributed by atoms with E-state index in [-0.39, 0.29) is 23.8 Å². The highest BCUT2D eigenvalue weighted by Crippen LogP contribution is 2.21. The number of hydrogen-bond acceptors (Lipinski definition) is 4. The number of hydrogen-bond donors (Lipinski definition) is 2. The van der Waals surface area contributed by atoms with E-state index in [1.165, 1.54) is 0 Å². The third-order valence-electron chi connectivity index (χ3n) is 5.15. The number of ether oxygens (including phenoxy) is 1. The predicted molar refractivity (Wildman–Crippen MR) is 123 cm³/mol. The van der Waals surface area contributed by atoms with Crippen molar-refractivity contribution in [2.24, 2.45) is 5.92 Å². The summed E-state index contributed by atoms with van der Waals surface area (Å²) in [5.41, 5.74) is 1.59. The standard InChI is InChI=1S/C25H31N3O4/c1-25(2,3)32-24(31)28-15-7-10-20(17-28)23(30)27-21-13-11-19(12-14-21)22(29)26-16-18-8-5-4-6-9-18/h4-6,8-9,11-14,20H,7,10,15-17H2,1-3H3,(H,26,29)(H,27,30). The largest absolute Gasteiger partial charge is 0.444 e. The summed E-state index contributed by atoms with van der Waals surface area (Å²) in [6.07, 6.45) is 1.07. The lowest BCUT2D eigenvalue weighted by Gasteiger charge is -2.33. The van der Waals surface area contributed by atoms with Gasteiger partial charge in [0.2, 0.25) is 5.91 Å². The zero-order valence-electron chi connectivity index (χ0n) is 18.9. The van der Waals surface area contributed by atoms with Crippen molar-refractivity contribution in [2.75, 3.05) is 18.4 Å². The van der Waals surface area contributed by atoms with E-state index in [9.17, 15) is 14.4 Å². The second-order valence-electron chi connectivity index (χ2n) is 9.00. The number of carbonyl (C=O) groups excluding carboxylic acids is 3. The van der Waals surface area contributed by atoms with E-state index in [1.807, 2.05) is 51.1 Å². The van der Waals surface area contributed by atoms with Gasteiger partial charge in [-0.2, -0.15) is 0 Å². The number of rotatable bonds is 5. The fraction of sp³-hybridized carbons (Fsp3) is 0.400. The van der Waals surface area contributed by atoms with Crippen molar-refractivity contribution in [2.45, 2.75) is 45.8 Å². The summed E-state index contributed by atoms with van der Waals surface area (Å²) in [7, 11) is 0. The lowest BCUT2D eigenvalue weighted by molar-refractivity contribution is -0.121. The summed E-state index contributed by atoms with van der Waals surface area (Å²) in [6.45, 7) is 6.85. The maximum absolute atomic E-state index is 12.7. The monoisotopic (exact) mass is 437 g/mol. The quantitative estimate of drug-likeness (QED) is 0.734. The van der Waals surface area contributed by atoms with E-state index in [4.69, 9.17) is 4.74 Å². The number of nitrogens with zero attached hydrogens (tertiary/aromatic N) is 1. The first-order valence-corrected chi connectivity index (χ1v) is 10.9. The summed E-state index contributed by atoms with van der Waals surface area (Å²) < 4.78 is 5.42. The van der Waals surface area contributed by atoms with Crippen molar-refractivity contribution >= 4 is 23.6 Å². The van der Waals surface area contributed by atoms with Crippen LogP contribution in [0.15, 0.2) is 54.6 Å². The highest BCUT2D eigenvalue weighted by atomic mass is 16.6. The Morgan fingerprint density at radius 1 is 1.03 bits per heavy atom. The molecule has 1 aliphatic heterocycles. The minimum absolute atomic E-state index is 0.139. The molecular formula is C25H31N3O4. The average molecular weight is 438 g/mol. The fourth-order valence-corrected chi connectivity index (χ4v) is 3.51. The molecule has 3 rings (SSSR count). The van der Waals surface area contributed by atoms with Gasteiger partial charge in [-0.3, -0.25) is 9.59 Å². The van der Waals surface area contributed by atoms with Crippen molar-refractivity contribution in [1.29, 1.82) is 0 Å². The molecule has 0 bridgehead atoms. The van der Waals surface area contributed by atoms with Crippen LogP contribution in [0.3, 0.4) is 0 Å². The topological polar surface area (TPSA) is 87.7 Å². The molecule has 32 heavy (non-hydrogen) atoms. The van der Waals surface area contributed by atoms with Crippen molar-refractivity contribution in [3.8, 4) is 0 Å². The van der Waals surface area contributed by atoms with Gasteiger partial charge in [-0.05, 0) is 63.4 Å². The number of piperidine rings is 1. The Hall–Kier alpha value is -3.35. The molecule has 0 radical (unpaired) electrons. The maximum Gasteiger partial charge on any atom is 0.410 e. The predicted octanol–water partition coefficient (Wildman–Crippen LogP) is 4.20. The van der Waals surface area contributed by atoms with Gasteiger partial charge in [-0.1, -0.05) is 30.3 Å². The van der Waals surface area contributed by atoms with Gasteiger partial charge >= 0.3 is 6.09 Å². The van der Waals surface area contributed by atoms with Crippen LogP contribution in [0.25, 0.3) is 0 Å². The molecule has 1 saturated heterocycles. The van der Waals surface area contributed by atoms with E-state index in [1.54, 1.807) is 29.2 Å². The van der Waals surface area contributed by atoms with Crippen molar-refractivity contribution in [3.05, 3.63) is 65.7 Å². The van der Waals surface area contributed by atoms with Crippen LogP contribution < -0.4 is 10.6 Å². The van der Waals surface area contributed by atoms with E-state index in [2.05, 4.69) is 10.6 Å². The third-order valence-corrected chi connectivity index (χ3v) is 5.15. The average Bonchev–Trinajstić information content (AvgIpc) is 2.77. The zero-order chi connectivity index (χ0) is 23.1. The Morgan fingerprint density at radius 3 is 2.38 bits per heavy atom. The van der Waals surface area contributed by atoms with Gasteiger partial charge in [-0.25, -0.2) is 4.79 Å². The number of benzene rings is 2. The van der Waals surface area contributed by atoms with E-state index >= 15 is 0 Å². The molecule has 7 heteroatoms. The zero-order valence-corrected chi connectivity index (χ0v) is 18.9. The van der Waals surface area contributed by atoms with Crippen LogP contribution in [0.5, 0.6) is 0 Å². The normalized spacial score (nSPS) is 16.2. The molecule has 3 amide bonds. The molecule has 0 saturated carbocycles. The summed E-state index contributed by atoms with van der Waals surface area (Å²) >= 11 is 0. The minimum Gasteiger partial charge on any atom is -0.444 e. The number of amides is 3. The van der Waals surface area contributed by atoms with Crippen LogP contribution in [0, 0.1) is 5.92 Å². The highest BCUT2D eigenvalue weighted by Gasteiger charge is 2.31. The minimum atomic E-state index is -0.568. The van der Waals surface area contributed by atoms with Crippen molar-refractivity contribution < 1.29 is 19.1 Å². The van der Waals surface area contributed by atoms with Crippen molar-refractivity contribution in [3.63, 3.8) is 0 Å². The van der Waals surface area contributed by atoms with Gasteiger partial charge < -0.3 is 20.3 Å². The summed E-state index contributed by atoms with van der Waals surface area (Å²) in [6, 6.07) is 16.5. The van der Waals surface area contributed by atoms with Crippen LogP contribution >= 0.6 is 0 Å². The molecule has 7 nitrogen and oxygen atoms in total. The lowest BCUT2D eigenvalue weighted by Crippen LogP contribution is -2.45. The van der Waals surface area contributed by atoms with E-state index < -0.39 is 5.60 Å². The molecule has 0 spiro atoms. The van der Waals surface area contributed by atoms with Crippen LogP contribution in [-0.4, -0.2) is 41.5 Å². The molecule has 1 heterocycles. The highest BCUT2D eigenvalue weighted by molar-refractivity contribution is 5.96. The first kappa shape index (κ1) is 23.3. The first-order chi connectivity index (χ1) is 15.2. The molecule has 0 aliphatic carbocycles. The Balaban J connectivity index is 1.51. The fourth-order valence-electron chi connectivity index (χ4n) is 3.51. The molecule has 2 N–H and O–H groups in total. The molecule has 1 atom stereocenters. The van der Waals surface area contributed by atoms with Crippen LogP contribution in [0.1, 0.15) is 49.5 Å². The Morgan fingerprint density at radius 2 is 1.72 bits per heavy atom. The van der Waals surface area contributed by atoms with Crippen LogP contribution in [0.2, 0.25) is 0 Å². The van der Waals surface area contributed by atoms with Gasteiger partial charge in [0.25, 0.3) is 5.91 Å². The molecule has 1 unspecified atom stereocenters. The molecular weight excluding hydrogens is 406 g/mol. The summed E-state index contributed by atoms with van der Waals surface area (Å²) in [5, 5.41) is 5.78. The molecule has 1 aliphatic rings. The second kappa shape index (κ2) is 10.3. The van der Waals surface area contributed by atoms with Crippen LogP contribution in [0.4, 0.5) is 10.5 Å².